The van der Waals surface area contributed by atoms with Crippen LogP contribution in [0.25, 0.3) is 0 Å². The standard InChI is InChI=1S/C22H35ClN2O4/c1-2-24(15-16-26)12-3-4-17-28-18-11-19-9-13-25(14-10-19)22(27)29-21-7-5-20(23)6-8-21/h5-8,19,26H,2-4,9-18H2,1H3. The first-order valence-corrected chi connectivity index (χ1v) is 11.1. The van der Waals surface area contributed by atoms with Gasteiger partial charge in [0.2, 0.25) is 0 Å². The van der Waals surface area contributed by atoms with Gasteiger partial charge in [-0.25, -0.2) is 4.79 Å². The van der Waals surface area contributed by atoms with Crippen LogP contribution in [-0.2, 0) is 4.74 Å². The fraction of sp³-hybridized carbons (Fsp3) is 0.682. The van der Waals surface area contributed by atoms with Crippen molar-refractivity contribution in [3.63, 3.8) is 0 Å². The number of likely N-dealkylation sites (N-methyl/N-ethyl adjacent to an activating group) is 1. The zero-order chi connectivity index (χ0) is 20.9. The normalized spacial score (nSPS) is 15.1. The molecular formula is C22H35ClN2O4. The fourth-order valence-corrected chi connectivity index (χ4v) is 3.66. The lowest BCUT2D eigenvalue weighted by molar-refractivity contribution is 0.0940. The maximum atomic E-state index is 12.3. The van der Waals surface area contributed by atoms with Gasteiger partial charge in [0, 0.05) is 37.9 Å². The van der Waals surface area contributed by atoms with E-state index in [2.05, 4.69) is 11.8 Å². The Kier molecular flexibility index (Phi) is 11.4. The molecule has 1 aromatic rings. The zero-order valence-corrected chi connectivity index (χ0v) is 18.3. The number of hydrogen-bond donors (Lipinski definition) is 1. The van der Waals surface area contributed by atoms with Crippen LogP contribution in [-0.4, -0.2) is 73.5 Å². The Morgan fingerprint density at radius 2 is 1.90 bits per heavy atom. The highest BCUT2D eigenvalue weighted by molar-refractivity contribution is 6.30. The number of amides is 1. The Hall–Kier alpha value is -1.34. The minimum atomic E-state index is -0.288. The number of carbonyl (C=O) groups excluding carboxylic acids is 1. The molecule has 1 heterocycles. The minimum Gasteiger partial charge on any atom is -0.410 e. The monoisotopic (exact) mass is 426 g/mol. The summed E-state index contributed by atoms with van der Waals surface area (Å²) in [5.74, 6) is 1.13. The van der Waals surface area contributed by atoms with Gasteiger partial charge < -0.3 is 24.4 Å². The van der Waals surface area contributed by atoms with E-state index in [0.717, 1.165) is 78.0 Å². The first kappa shape index (κ1) is 23.9. The molecule has 0 atom stereocenters. The van der Waals surface area contributed by atoms with E-state index < -0.39 is 0 Å². The Balaban J connectivity index is 1.51. The summed E-state index contributed by atoms with van der Waals surface area (Å²) in [6.45, 7) is 8.14. The molecule has 1 N–H and O–H groups in total. The highest BCUT2D eigenvalue weighted by Gasteiger charge is 2.24. The van der Waals surface area contributed by atoms with Gasteiger partial charge in [0.05, 0.1) is 6.61 Å². The van der Waals surface area contributed by atoms with Crippen molar-refractivity contribution in [2.24, 2.45) is 5.92 Å². The number of ether oxygens (including phenoxy) is 2. The van der Waals surface area contributed by atoms with Crippen LogP contribution in [0.4, 0.5) is 4.79 Å². The number of benzene rings is 1. The van der Waals surface area contributed by atoms with Crippen molar-refractivity contribution in [1.82, 2.24) is 9.80 Å². The maximum Gasteiger partial charge on any atom is 0.415 e. The summed E-state index contributed by atoms with van der Waals surface area (Å²) in [6, 6.07) is 6.84. The molecule has 1 saturated heterocycles. The van der Waals surface area contributed by atoms with Crippen LogP contribution in [0.3, 0.4) is 0 Å². The van der Waals surface area contributed by atoms with Crippen LogP contribution in [0.15, 0.2) is 24.3 Å². The number of aliphatic hydroxyl groups is 1. The van der Waals surface area contributed by atoms with Gasteiger partial charge in [0.1, 0.15) is 5.75 Å². The molecule has 0 aromatic heterocycles. The third-order valence-corrected chi connectivity index (χ3v) is 5.69. The van der Waals surface area contributed by atoms with Crippen molar-refractivity contribution >= 4 is 17.7 Å². The second kappa shape index (κ2) is 13.8. The summed E-state index contributed by atoms with van der Waals surface area (Å²) in [6.07, 6.45) is 4.89. The predicted molar refractivity (Wildman–Crippen MR) is 116 cm³/mol. The molecule has 164 valence electrons. The van der Waals surface area contributed by atoms with E-state index in [1.54, 1.807) is 29.2 Å². The number of carbonyl (C=O) groups is 1. The minimum absolute atomic E-state index is 0.224. The number of aliphatic hydroxyl groups excluding tert-OH is 1. The summed E-state index contributed by atoms with van der Waals surface area (Å²) in [5, 5.41) is 9.61. The van der Waals surface area contributed by atoms with E-state index in [4.69, 9.17) is 26.2 Å². The zero-order valence-electron chi connectivity index (χ0n) is 17.5. The predicted octanol–water partition coefficient (Wildman–Crippen LogP) is 4.05. The molecule has 1 fully saturated rings. The number of hydrogen-bond acceptors (Lipinski definition) is 5. The topological polar surface area (TPSA) is 62.2 Å². The van der Waals surface area contributed by atoms with E-state index in [1.165, 1.54) is 0 Å². The van der Waals surface area contributed by atoms with Gasteiger partial charge >= 0.3 is 6.09 Å². The van der Waals surface area contributed by atoms with E-state index in [-0.39, 0.29) is 12.7 Å². The number of nitrogens with zero attached hydrogens (tertiary/aromatic N) is 2. The Morgan fingerprint density at radius 1 is 1.17 bits per heavy atom. The van der Waals surface area contributed by atoms with Crippen LogP contribution in [0, 0.1) is 5.92 Å². The fourth-order valence-electron chi connectivity index (χ4n) is 3.53. The van der Waals surface area contributed by atoms with Gasteiger partial charge in [-0.05, 0) is 75.4 Å². The van der Waals surface area contributed by atoms with E-state index in [0.29, 0.717) is 16.7 Å². The van der Waals surface area contributed by atoms with Gasteiger partial charge in [-0.3, -0.25) is 0 Å². The Labute approximate surface area is 179 Å². The summed E-state index contributed by atoms with van der Waals surface area (Å²) >= 11 is 5.85. The number of rotatable bonds is 12. The molecule has 6 nitrogen and oxygen atoms in total. The molecule has 7 heteroatoms. The largest absolute Gasteiger partial charge is 0.415 e. The first-order chi connectivity index (χ1) is 14.1. The second-order valence-electron chi connectivity index (χ2n) is 7.52. The number of halogens is 1. The molecule has 0 aliphatic carbocycles. The maximum absolute atomic E-state index is 12.3. The molecule has 1 amide bonds. The van der Waals surface area contributed by atoms with Crippen LogP contribution in [0.5, 0.6) is 5.75 Å². The molecule has 0 unspecified atom stereocenters. The lowest BCUT2D eigenvalue weighted by atomic mass is 9.94. The van der Waals surface area contributed by atoms with Gasteiger partial charge in [-0.2, -0.15) is 0 Å². The number of unbranched alkanes of at least 4 members (excludes halogenated alkanes) is 1. The summed E-state index contributed by atoms with van der Waals surface area (Å²) in [7, 11) is 0. The van der Waals surface area contributed by atoms with Gasteiger partial charge in [-0.1, -0.05) is 18.5 Å². The lowest BCUT2D eigenvalue weighted by Gasteiger charge is -2.31. The highest BCUT2D eigenvalue weighted by atomic mass is 35.5. The molecule has 1 aliphatic rings. The van der Waals surface area contributed by atoms with Crippen molar-refractivity contribution in [2.45, 2.75) is 39.0 Å². The van der Waals surface area contributed by atoms with Crippen molar-refractivity contribution in [3.8, 4) is 5.75 Å². The van der Waals surface area contributed by atoms with E-state index in [1.807, 2.05) is 0 Å². The molecular weight excluding hydrogens is 392 g/mol. The Bertz CT molecular complexity index is 577. The molecule has 1 aromatic carbocycles. The molecule has 0 radical (unpaired) electrons. The van der Waals surface area contributed by atoms with E-state index in [9.17, 15) is 4.79 Å². The average Bonchev–Trinajstić information content (AvgIpc) is 2.74. The SMILES string of the molecule is CCN(CCO)CCCCOCCC1CCN(C(=O)Oc2ccc(Cl)cc2)CC1. The van der Waals surface area contributed by atoms with Crippen LogP contribution in [0.1, 0.15) is 39.0 Å². The van der Waals surface area contributed by atoms with Crippen molar-refractivity contribution in [3.05, 3.63) is 29.3 Å². The average molecular weight is 427 g/mol. The van der Waals surface area contributed by atoms with Crippen LogP contribution in [0.2, 0.25) is 5.02 Å². The molecule has 0 bridgehead atoms. The lowest BCUT2D eigenvalue weighted by Crippen LogP contribution is -2.40. The van der Waals surface area contributed by atoms with Gasteiger partial charge in [0.15, 0.2) is 0 Å². The van der Waals surface area contributed by atoms with Crippen LogP contribution >= 0.6 is 11.6 Å². The quantitative estimate of drug-likeness (QED) is 0.511. The summed E-state index contributed by atoms with van der Waals surface area (Å²) < 4.78 is 11.2. The molecule has 29 heavy (non-hydrogen) atoms. The molecule has 0 saturated carbocycles. The van der Waals surface area contributed by atoms with Gasteiger partial charge in [0.25, 0.3) is 0 Å². The molecule has 2 rings (SSSR count). The second-order valence-corrected chi connectivity index (χ2v) is 7.95. The van der Waals surface area contributed by atoms with Gasteiger partial charge in [-0.15, -0.1) is 0 Å². The molecule has 1 aliphatic heterocycles. The number of piperidine rings is 1. The van der Waals surface area contributed by atoms with E-state index >= 15 is 0 Å². The smallest absolute Gasteiger partial charge is 0.410 e. The van der Waals surface area contributed by atoms with Crippen LogP contribution < -0.4 is 4.74 Å². The third kappa shape index (κ3) is 9.34. The number of likely N-dealkylation sites (tertiary alicyclic amines) is 1. The summed E-state index contributed by atoms with van der Waals surface area (Å²) in [5.41, 5.74) is 0. The summed E-state index contributed by atoms with van der Waals surface area (Å²) in [4.78, 5) is 16.3. The highest BCUT2D eigenvalue weighted by Crippen LogP contribution is 2.22. The van der Waals surface area contributed by atoms with Crippen molar-refractivity contribution in [1.29, 1.82) is 0 Å². The van der Waals surface area contributed by atoms with Crippen molar-refractivity contribution < 1.29 is 19.4 Å². The van der Waals surface area contributed by atoms with Crippen molar-refractivity contribution in [2.75, 3.05) is 52.5 Å². The molecule has 0 spiro atoms. The Morgan fingerprint density at radius 3 is 2.55 bits per heavy atom. The third-order valence-electron chi connectivity index (χ3n) is 5.44. The first-order valence-electron chi connectivity index (χ1n) is 10.8.